The zero-order valence-corrected chi connectivity index (χ0v) is 13.0. The third kappa shape index (κ3) is 4.16. The van der Waals surface area contributed by atoms with Gasteiger partial charge in [-0.25, -0.2) is 14.0 Å². The molecule has 0 aromatic heterocycles. The fourth-order valence-corrected chi connectivity index (χ4v) is 1.85. The SMILES string of the molecule is C=CC(=O)Oc1ccc(-c2ccc(OC(=O)C(=C)C)cc2F)cc1. The van der Waals surface area contributed by atoms with Gasteiger partial charge in [-0.1, -0.05) is 25.3 Å². The average molecular weight is 326 g/mol. The third-order valence-electron chi connectivity index (χ3n) is 3.05. The molecule has 2 aromatic rings. The van der Waals surface area contributed by atoms with E-state index in [0.717, 1.165) is 12.1 Å². The van der Waals surface area contributed by atoms with Crippen molar-refractivity contribution in [1.82, 2.24) is 0 Å². The summed E-state index contributed by atoms with van der Waals surface area (Å²) >= 11 is 0. The molecule has 4 nitrogen and oxygen atoms in total. The molecule has 0 heterocycles. The van der Waals surface area contributed by atoms with Crippen LogP contribution in [0.2, 0.25) is 0 Å². The summed E-state index contributed by atoms with van der Waals surface area (Å²) in [6.45, 7) is 8.28. The number of ether oxygens (including phenoxy) is 2. The van der Waals surface area contributed by atoms with Gasteiger partial charge in [-0.05, 0) is 36.8 Å². The van der Waals surface area contributed by atoms with Gasteiger partial charge in [0.05, 0.1) is 0 Å². The Bertz CT molecular complexity index is 807. The largest absolute Gasteiger partial charge is 0.423 e. The molecule has 24 heavy (non-hydrogen) atoms. The highest BCUT2D eigenvalue weighted by Gasteiger charge is 2.10. The number of esters is 2. The Hall–Kier alpha value is -3.21. The second-order valence-corrected chi connectivity index (χ2v) is 4.96. The molecule has 0 atom stereocenters. The fraction of sp³-hybridized carbons (Fsp3) is 0.0526. The molecule has 0 aliphatic carbocycles. The summed E-state index contributed by atoms with van der Waals surface area (Å²) in [7, 11) is 0. The topological polar surface area (TPSA) is 52.6 Å². The van der Waals surface area contributed by atoms with Gasteiger partial charge in [0.25, 0.3) is 0 Å². The number of carbonyl (C=O) groups excluding carboxylic acids is 2. The van der Waals surface area contributed by atoms with E-state index in [9.17, 15) is 14.0 Å². The van der Waals surface area contributed by atoms with E-state index < -0.39 is 17.8 Å². The first-order chi connectivity index (χ1) is 11.4. The fourth-order valence-electron chi connectivity index (χ4n) is 1.85. The van der Waals surface area contributed by atoms with Gasteiger partial charge in [-0.3, -0.25) is 0 Å². The average Bonchev–Trinajstić information content (AvgIpc) is 2.55. The minimum absolute atomic E-state index is 0.0979. The van der Waals surface area contributed by atoms with Crippen molar-refractivity contribution < 1.29 is 23.5 Å². The summed E-state index contributed by atoms with van der Waals surface area (Å²) in [5, 5.41) is 0. The Kier molecular flexibility index (Phi) is 5.27. The molecular formula is C19H15FO4. The molecule has 5 heteroatoms. The highest BCUT2D eigenvalue weighted by Crippen LogP contribution is 2.28. The lowest BCUT2D eigenvalue weighted by Crippen LogP contribution is -2.08. The quantitative estimate of drug-likeness (QED) is 0.472. The highest BCUT2D eigenvalue weighted by atomic mass is 19.1. The van der Waals surface area contributed by atoms with E-state index in [1.807, 2.05) is 0 Å². The van der Waals surface area contributed by atoms with E-state index in [2.05, 4.69) is 13.2 Å². The van der Waals surface area contributed by atoms with Crippen LogP contribution in [-0.4, -0.2) is 11.9 Å². The summed E-state index contributed by atoms with van der Waals surface area (Å²) in [5.74, 6) is -1.30. The third-order valence-corrected chi connectivity index (χ3v) is 3.05. The number of halogens is 1. The van der Waals surface area contributed by atoms with Gasteiger partial charge < -0.3 is 9.47 Å². The van der Waals surface area contributed by atoms with Crippen molar-refractivity contribution in [2.75, 3.05) is 0 Å². The van der Waals surface area contributed by atoms with Crippen LogP contribution in [-0.2, 0) is 9.59 Å². The maximum absolute atomic E-state index is 14.2. The van der Waals surface area contributed by atoms with Crippen LogP contribution in [0.3, 0.4) is 0 Å². The van der Waals surface area contributed by atoms with Gasteiger partial charge in [0.1, 0.15) is 17.3 Å². The summed E-state index contributed by atoms with van der Waals surface area (Å²) < 4.78 is 24.2. The van der Waals surface area contributed by atoms with Crippen LogP contribution < -0.4 is 9.47 Å². The Balaban J connectivity index is 2.20. The number of benzene rings is 2. The predicted molar refractivity (Wildman–Crippen MR) is 88.1 cm³/mol. The van der Waals surface area contributed by atoms with Crippen LogP contribution in [0.1, 0.15) is 6.92 Å². The Morgan fingerprint density at radius 2 is 1.67 bits per heavy atom. The monoisotopic (exact) mass is 326 g/mol. The van der Waals surface area contributed by atoms with Crippen LogP contribution in [0.5, 0.6) is 11.5 Å². The van der Waals surface area contributed by atoms with Crippen molar-refractivity contribution in [1.29, 1.82) is 0 Å². The molecule has 122 valence electrons. The molecule has 0 amide bonds. The van der Waals surface area contributed by atoms with Crippen LogP contribution in [0, 0.1) is 5.82 Å². The van der Waals surface area contributed by atoms with E-state index in [0.29, 0.717) is 16.9 Å². The van der Waals surface area contributed by atoms with Gasteiger partial charge in [0.2, 0.25) is 0 Å². The van der Waals surface area contributed by atoms with Gasteiger partial charge >= 0.3 is 11.9 Å². The molecule has 0 fully saturated rings. The molecular weight excluding hydrogens is 311 g/mol. The molecule has 2 rings (SSSR count). The lowest BCUT2D eigenvalue weighted by molar-refractivity contribution is -0.130. The van der Waals surface area contributed by atoms with Crippen molar-refractivity contribution in [2.24, 2.45) is 0 Å². The Morgan fingerprint density at radius 1 is 1.04 bits per heavy atom. The molecule has 0 bridgehead atoms. The van der Waals surface area contributed by atoms with Crippen molar-refractivity contribution in [3.63, 3.8) is 0 Å². The zero-order valence-electron chi connectivity index (χ0n) is 13.0. The van der Waals surface area contributed by atoms with Gasteiger partial charge in [-0.15, -0.1) is 0 Å². The summed E-state index contributed by atoms with van der Waals surface area (Å²) in [6.07, 6.45) is 1.05. The van der Waals surface area contributed by atoms with E-state index in [1.165, 1.54) is 19.1 Å². The molecule has 2 aromatic carbocycles. The van der Waals surface area contributed by atoms with Crippen molar-refractivity contribution in [2.45, 2.75) is 6.92 Å². The van der Waals surface area contributed by atoms with Crippen LogP contribution >= 0.6 is 0 Å². The Morgan fingerprint density at radius 3 is 2.21 bits per heavy atom. The first kappa shape index (κ1) is 17.1. The molecule has 0 saturated heterocycles. The number of hydrogen-bond donors (Lipinski definition) is 0. The highest BCUT2D eigenvalue weighted by molar-refractivity contribution is 5.88. The van der Waals surface area contributed by atoms with Crippen LogP contribution in [0.15, 0.2) is 67.3 Å². The van der Waals surface area contributed by atoms with Crippen molar-refractivity contribution >= 4 is 11.9 Å². The predicted octanol–water partition coefficient (Wildman–Crippen LogP) is 4.07. The van der Waals surface area contributed by atoms with E-state index in [4.69, 9.17) is 9.47 Å². The second kappa shape index (κ2) is 7.37. The standard InChI is InChI=1S/C19H15FO4/c1-4-18(21)23-14-7-5-13(6-8-14)16-10-9-15(11-17(16)20)24-19(22)12(2)3/h4-11H,1-2H2,3H3. The zero-order chi connectivity index (χ0) is 17.7. The van der Waals surface area contributed by atoms with Gasteiger partial charge in [-0.2, -0.15) is 0 Å². The van der Waals surface area contributed by atoms with E-state index in [1.54, 1.807) is 24.3 Å². The molecule has 0 saturated carbocycles. The van der Waals surface area contributed by atoms with Crippen LogP contribution in [0.4, 0.5) is 4.39 Å². The van der Waals surface area contributed by atoms with Gasteiger partial charge in [0.15, 0.2) is 0 Å². The number of hydrogen-bond acceptors (Lipinski definition) is 4. The summed E-state index contributed by atoms with van der Waals surface area (Å²) in [6, 6.07) is 10.4. The maximum Gasteiger partial charge on any atom is 0.338 e. The minimum atomic E-state index is -0.615. The molecule has 0 aliphatic heterocycles. The van der Waals surface area contributed by atoms with Crippen LogP contribution in [0.25, 0.3) is 11.1 Å². The van der Waals surface area contributed by atoms with Crippen molar-refractivity contribution in [3.05, 3.63) is 73.1 Å². The summed E-state index contributed by atoms with van der Waals surface area (Å²) in [5.41, 5.74) is 1.14. The van der Waals surface area contributed by atoms with E-state index >= 15 is 0 Å². The Labute approximate surface area is 138 Å². The van der Waals surface area contributed by atoms with Gasteiger partial charge in [0, 0.05) is 23.3 Å². The number of rotatable bonds is 5. The normalized spacial score (nSPS) is 9.92. The van der Waals surface area contributed by atoms with Crippen molar-refractivity contribution in [3.8, 4) is 22.6 Å². The first-order valence-corrected chi connectivity index (χ1v) is 7.02. The smallest absolute Gasteiger partial charge is 0.338 e. The molecule has 0 N–H and O–H groups in total. The lowest BCUT2D eigenvalue weighted by atomic mass is 10.0. The lowest BCUT2D eigenvalue weighted by Gasteiger charge is -2.08. The molecule has 0 spiro atoms. The van der Waals surface area contributed by atoms with E-state index in [-0.39, 0.29) is 11.3 Å². The molecule has 0 unspecified atom stereocenters. The number of carbonyl (C=O) groups is 2. The summed E-state index contributed by atoms with van der Waals surface area (Å²) in [4.78, 5) is 22.6. The minimum Gasteiger partial charge on any atom is -0.423 e. The second-order valence-electron chi connectivity index (χ2n) is 4.96. The maximum atomic E-state index is 14.2. The molecule has 0 radical (unpaired) electrons. The first-order valence-electron chi connectivity index (χ1n) is 7.02. The molecule has 0 aliphatic rings.